The second-order valence-corrected chi connectivity index (χ2v) is 26.3. The number of fused-ring (bicyclic) bond motifs is 12. The number of rotatable bonds is 4. The highest BCUT2D eigenvalue weighted by molar-refractivity contribution is 7.27. The summed E-state index contributed by atoms with van der Waals surface area (Å²) in [5, 5.41) is 7.76. The van der Waals surface area contributed by atoms with Gasteiger partial charge in [-0.3, -0.25) is 0 Å². The van der Waals surface area contributed by atoms with Crippen molar-refractivity contribution in [2.24, 2.45) is 28.2 Å². The van der Waals surface area contributed by atoms with Crippen LogP contribution >= 0.6 is 45.3 Å². The van der Waals surface area contributed by atoms with Crippen molar-refractivity contribution < 1.29 is 35.8 Å². The zero-order valence-corrected chi connectivity index (χ0v) is 52.7. The summed E-state index contributed by atoms with van der Waals surface area (Å²) >= 11 is 6.41. The lowest BCUT2D eigenvalue weighted by atomic mass is 10.0. The minimum Gasteiger partial charge on any atom is -0.232 e. The SMILES string of the molecule is Cc1ccccc1-c1c2sc3nc(F)ccc3c2cc[n+]1C.Cc1ccccc1-c1cc2c(c[n+]1C)sc1cc(F)ccc12.Cc1ccccc1-c1cc2sc3cc(F)ccc3c2c[n+]1C.Cc1ccccc1-c1nc2c(c[n+]1C)sc1cc(F)ccc12. The number of nitrogens with zero attached hydrogens (tertiary/aromatic N) is 6. The molecule has 0 bridgehead atoms. The highest BCUT2D eigenvalue weighted by atomic mass is 32.1. The molecule has 7 aromatic carbocycles. The first-order valence-electron chi connectivity index (χ1n) is 28.6. The van der Waals surface area contributed by atoms with Crippen LogP contribution < -0.4 is 18.3 Å². The van der Waals surface area contributed by atoms with E-state index in [0.717, 1.165) is 77.9 Å². The van der Waals surface area contributed by atoms with Gasteiger partial charge in [0.05, 0.1) is 28.3 Å². The molecule has 9 heterocycles. The maximum atomic E-state index is 13.4. The van der Waals surface area contributed by atoms with Crippen LogP contribution in [0.15, 0.2) is 207 Å². The van der Waals surface area contributed by atoms with Gasteiger partial charge in [-0.25, -0.2) is 27.3 Å². The molecule has 0 aliphatic heterocycles. The van der Waals surface area contributed by atoms with Crippen molar-refractivity contribution in [3.8, 4) is 45.2 Å². The van der Waals surface area contributed by atoms with Crippen molar-refractivity contribution in [1.82, 2.24) is 9.97 Å². The van der Waals surface area contributed by atoms with Gasteiger partial charge in [0.1, 0.15) is 59.0 Å². The molecule has 0 fully saturated rings. The highest BCUT2D eigenvalue weighted by Crippen LogP contribution is 2.40. The van der Waals surface area contributed by atoms with E-state index in [0.29, 0.717) is 0 Å². The third kappa shape index (κ3) is 11.1. The molecule has 0 saturated carbocycles. The van der Waals surface area contributed by atoms with Gasteiger partial charge in [-0.1, -0.05) is 72.8 Å². The summed E-state index contributed by atoms with van der Waals surface area (Å²) in [4.78, 5) is 9.66. The molecule has 16 aromatic rings. The molecule has 6 nitrogen and oxygen atoms in total. The van der Waals surface area contributed by atoms with Gasteiger partial charge in [-0.05, 0) is 146 Å². The maximum absolute atomic E-state index is 13.4. The van der Waals surface area contributed by atoms with E-state index in [4.69, 9.17) is 4.98 Å². The predicted octanol–water partition coefficient (Wildman–Crippen LogP) is 18.8. The average Bonchev–Trinajstić information content (AvgIpc) is 3.15. The average molecular weight is 1240 g/mol. The molecule has 0 spiro atoms. The first-order chi connectivity index (χ1) is 42.5. The second kappa shape index (κ2) is 23.8. The van der Waals surface area contributed by atoms with Crippen LogP contribution in [0.2, 0.25) is 0 Å². The third-order valence-electron chi connectivity index (χ3n) is 16.1. The maximum Gasteiger partial charge on any atom is 0.331 e. The second-order valence-electron chi connectivity index (χ2n) is 22.1. The van der Waals surface area contributed by atoms with E-state index in [1.165, 1.54) is 94.8 Å². The molecular formula is C74H58F4N6S4+4. The summed E-state index contributed by atoms with van der Waals surface area (Å²) in [7, 11) is 8.17. The number of aryl methyl sites for hydroxylation is 8. The number of benzene rings is 7. The highest BCUT2D eigenvalue weighted by Gasteiger charge is 2.24. The van der Waals surface area contributed by atoms with Crippen molar-refractivity contribution in [2.75, 3.05) is 0 Å². The van der Waals surface area contributed by atoms with E-state index in [1.54, 1.807) is 63.5 Å². The lowest BCUT2D eigenvalue weighted by molar-refractivity contribution is -0.661. The lowest BCUT2D eigenvalue weighted by Crippen LogP contribution is -2.31. The number of halogens is 4. The molecule has 0 aliphatic carbocycles. The first kappa shape index (κ1) is 57.9. The molecular weight excluding hydrogens is 1180 g/mol. The van der Waals surface area contributed by atoms with E-state index >= 15 is 0 Å². The Labute approximate surface area is 522 Å². The Balaban J connectivity index is 0.000000108. The summed E-state index contributed by atoms with van der Waals surface area (Å²) in [6.07, 6.45) is 8.42. The van der Waals surface area contributed by atoms with Crippen LogP contribution in [0.5, 0.6) is 0 Å². The fourth-order valence-electron chi connectivity index (χ4n) is 11.6. The Morgan fingerprint density at radius 3 is 1.41 bits per heavy atom. The van der Waals surface area contributed by atoms with Crippen LogP contribution in [0.3, 0.4) is 0 Å². The van der Waals surface area contributed by atoms with Crippen LogP contribution in [0.1, 0.15) is 22.3 Å². The molecule has 0 N–H and O–H groups in total. The Bertz CT molecular complexity index is 5220. The molecule has 16 rings (SSSR count). The fourth-order valence-corrected chi connectivity index (χ4v) is 16.3. The van der Waals surface area contributed by atoms with Crippen molar-refractivity contribution in [3.63, 3.8) is 0 Å². The van der Waals surface area contributed by atoms with Gasteiger partial charge >= 0.3 is 5.82 Å². The normalized spacial score (nSPS) is 11.4. The number of aromatic nitrogens is 6. The summed E-state index contributed by atoms with van der Waals surface area (Å²) in [6.45, 7) is 8.45. The Kier molecular flexibility index (Phi) is 15.7. The Hall–Kier alpha value is -9.18. The molecule has 0 aliphatic rings. The van der Waals surface area contributed by atoms with E-state index in [1.807, 2.05) is 67.2 Å². The molecule has 0 atom stereocenters. The van der Waals surface area contributed by atoms with Gasteiger partial charge in [-0.2, -0.15) is 13.5 Å². The van der Waals surface area contributed by atoms with E-state index < -0.39 is 5.95 Å². The first-order valence-corrected chi connectivity index (χ1v) is 31.8. The summed E-state index contributed by atoms with van der Waals surface area (Å²) in [5.41, 5.74) is 14.1. The van der Waals surface area contributed by atoms with Gasteiger partial charge in [0, 0.05) is 80.4 Å². The van der Waals surface area contributed by atoms with Crippen molar-refractivity contribution in [3.05, 3.63) is 252 Å². The number of hydrogen-bond donors (Lipinski definition) is 0. The van der Waals surface area contributed by atoms with E-state index in [-0.39, 0.29) is 17.5 Å². The zero-order chi connectivity index (χ0) is 61.1. The van der Waals surface area contributed by atoms with Gasteiger partial charge in [0.25, 0.3) is 0 Å². The van der Waals surface area contributed by atoms with Gasteiger partial charge in [-0.15, -0.1) is 45.3 Å². The van der Waals surface area contributed by atoms with Gasteiger partial charge < -0.3 is 0 Å². The van der Waals surface area contributed by atoms with Crippen molar-refractivity contribution in [1.29, 1.82) is 0 Å². The molecule has 0 amide bonds. The number of thiophene rings is 4. The largest absolute Gasteiger partial charge is 0.331 e. The topological polar surface area (TPSA) is 41.3 Å². The molecule has 0 radical (unpaired) electrons. The Morgan fingerprint density at radius 1 is 0.341 bits per heavy atom. The molecule has 0 saturated heterocycles. The Morgan fingerprint density at radius 2 is 0.807 bits per heavy atom. The zero-order valence-electron chi connectivity index (χ0n) is 49.5. The fraction of sp³-hybridized carbons (Fsp3) is 0.108. The molecule has 9 aromatic heterocycles. The smallest absolute Gasteiger partial charge is 0.232 e. The standard InChI is InChI=1S/2C19H15FNS.2C18H14FN2S/c1-12-5-3-4-6-14(12)17-10-19-16(11-21(17)2)15-8-7-13(20)9-18(15)22-19;1-12-5-3-4-6-14(12)17-10-16-15-8-7-13(20)9-18(15)22-19(16)11-21(17)2;1-11-5-3-4-6-13(11)18-20-17-14-8-7-12(19)9-15(14)22-16(17)10-21(18)2;1-11-5-3-4-6-12(11)16-17-13(9-10-21(16)2)14-7-8-15(19)20-18(14)22-17/h2*3-11H,1-2H3;2*3-10H,1-2H3/q4*+1. The minimum absolute atomic E-state index is 0.178. The molecule has 0 unspecified atom stereocenters. The van der Waals surface area contributed by atoms with E-state index in [2.05, 4.69) is 176 Å². The lowest BCUT2D eigenvalue weighted by Gasteiger charge is -2.05. The summed E-state index contributed by atoms with van der Waals surface area (Å²) < 4.78 is 69.7. The van der Waals surface area contributed by atoms with Crippen molar-refractivity contribution in [2.45, 2.75) is 27.7 Å². The molecule has 88 heavy (non-hydrogen) atoms. The summed E-state index contributed by atoms with van der Waals surface area (Å²) in [6, 6.07) is 58.0. The quantitative estimate of drug-likeness (QED) is 0.100. The minimum atomic E-state index is -0.430. The van der Waals surface area contributed by atoms with Crippen LogP contribution in [0.4, 0.5) is 17.6 Å². The van der Waals surface area contributed by atoms with Crippen molar-refractivity contribution >= 4 is 126 Å². The van der Waals surface area contributed by atoms with Crippen LogP contribution in [-0.2, 0) is 28.2 Å². The molecule has 432 valence electrons. The van der Waals surface area contributed by atoms with Crippen LogP contribution in [0.25, 0.3) is 126 Å². The summed E-state index contributed by atoms with van der Waals surface area (Å²) in [5.74, 6) is -0.0665. The van der Waals surface area contributed by atoms with E-state index in [9.17, 15) is 17.6 Å². The number of hydrogen-bond acceptors (Lipinski definition) is 6. The van der Waals surface area contributed by atoms with Gasteiger partial charge in [0.2, 0.25) is 28.5 Å². The van der Waals surface area contributed by atoms with Gasteiger partial charge in [0.15, 0.2) is 18.6 Å². The molecule has 14 heteroatoms. The van der Waals surface area contributed by atoms with Crippen LogP contribution in [0, 0.1) is 51.1 Å². The van der Waals surface area contributed by atoms with Crippen LogP contribution in [-0.4, -0.2) is 9.97 Å². The third-order valence-corrected chi connectivity index (χ3v) is 20.5. The monoisotopic (exact) mass is 1230 g/mol. The number of pyridine rings is 4. The predicted molar refractivity (Wildman–Crippen MR) is 358 cm³/mol.